The van der Waals surface area contributed by atoms with Crippen molar-refractivity contribution in [3.63, 3.8) is 0 Å². The second-order valence-corrected chi connectivity index (χ2v) is 5.21. The van der Waals surface area contributed by atoms with Crippen molar-refractivity contribution in [2.24, 2.45) is 11.0 Å². The highest BCUT2D eigenvalue weighted by Crippen LogP contribution is 2.16. The van der Waals surface area contributed by atoms with E-state index in [2.05, 4.69) is 10.5 Å². The Morgan fingerprint density at radius 1 is 1.27 bits per heavy atom. The van der Waals surface area contributed by atoms with E-state index in [1.807, 2.05) is 6.07 Å². The lowest BCUT2D eigenvalue weighted by molar-refractivity contribution is -0.384. The summed E-state index contributed by atoms with van der Waals surface area (Å²) in [5.74, 6) is -1.57. The number of non-ortho nitro benzene ring substituents is 1. The molecule has 1 unspecified atom stereocenters. The van der Waals surface area contributed by atoms with Crippen LogP contribution in [0.3, 0.4) is 0 Å². The molecule has 1 N–H and O–H groups in total. The van der Waals surface area contributed by atoms with Gasteiger partial charge in [-0.15, -0.1) is 5.10 Å². The average molecular weight is 352 g/mol. The van der Waals surface area contributed by atoms with Crippen LogP contribution < -0.4 is 5.43 Å². The molecule has 0 bridgehead atoms. The van der Waals surface area contributed by atoms with Gasteiger partial charge >= 0.3 is 5.97 Å². The van der Waals surface area contributed by atoms with Crippen LogP contribution in [0, 0.1) is 27.4 Å². The maximum Gasteiger partial charge on any atom is 0.330 e. The number of nitriles is 1. The Morgan fingerprint density at radius 3 is 2.46 bits per heavy atom. The summed E-state index contributed by atoms with van der Waals surface area (Å²) in [7, 11) is 0. The van der Waals surface area contributed by atoms with Crippen molar-refractivity contribution in [2.75, 3.05) is 5.43 Å². The number of ether oxygens (including phenoxy) is 1. The van der Waals surface area contributed by atoms with Crippen molar-refractivity contribution in [1.82, 2.24) is 0 Å². The fraction of sp³-hybridized carbons (Fsp3) is 0.167. The first-order valence-corrected chi connectivity index (χ1v) is 7.80. The topological polar surface area (TPSA) is 118 Å². The van der Waals surface area contributed by atoms with Crippen LogP contribution >= 0.6 is 0 Å². The number of carbonyl (C=O) groups excluding carboxylic acids is 1. The van der Waals surface area contributed by atoms with E-state index in [1.165, 1.54) is 24.3 Å². The van der Waals surface area contributed by atoms with E-state index in [4.69, 9.17) is 10.00 Å². The molecule has 0 aliphatic heterocycles. The molecule has 0 saturated heterocycles. The van der Waals surface area contributed by atoms with Gasteiger partial charge in [0.25, 0.3) is 5.69 Å². The molecule has 132 valence electrons. The van der Waals surface area contributed by atoms with Crippen molar-refractivity contribution in [2.45, 2.75) is 13.3 Å². The largest absolute Gasteiger partial charge is 0.404 e. The number of esters is 1. The van der Waals surface area contributed by atoms with Crippen molar-refractivity contribution in [3.8, 4) is 6.07 Å². The molecule has 8 nitrogen and oxygen atoms in total. The third kappa shape index (κ3) is 4.88. The number of hydrogen-bond acceptors (Lipinski definition) is 7. The summed E-state index contributed by atoms with van der Waals surface area (Å²) in [6.07, 6.45) is 0.327. The number of benzene rings is 2. The Bertz CT molecular complexity index is 842. The van der Waals surface area contributed by atoms with E-state index >= 15 is 0 Å². The summed E-state index contributed by atoms with van der Waals surface area (Å²) in [4.78, 5) is 22.3. The third-order valence-corrected chi connectivity index (χ3v) is 3.43. The zero-order valence-electron chi connectivity index (χ0n) is 14.0. The highest BCUT2D eigenvalue weighted by atomic mass is 16.6. The fourth-order valence-corrected chi connectivity index (χ4v) is 1.98. The molecular formula is C18H16N4O4. The first-order valence-electron chi connectivity index (χ1n) is 7.80. The summed E-state index contributed by atoms with van der Waals surface area (Å²) >= 11 is 0. The third-order valence-electron chi connectivity index (χ3n) is 3.43. The Balaban J connectivity index is 2.23. The van der Waals surface area contributed by atoms with Crippen LogP contribution in [0.2, 0.25) is 0 Å². The molecule has 0 saturated carbocycles. The summed E-state index contributed by atoms with van der Waals surface area (Å²) in [6.45, 7) is 1.71. The molecule has 0 fully saturated rings. The number of nitrogens with zero attached hydrogens (tertiary/aromatic N) is 3. The number of carbonyl (C=O) groups is 1. The minimum atomic E-state index is -0.886. The van der Waals surface area contributed by atoms with Crippen LogP contribution in [0.25, 0.3) is 0 Å². The van der Waals surface area contributed by atoms with Gasteiger partial charge < -0.3 is 4.74 Å². The second-order valence-electron chi connectivity index (χ2n) is 5.21. The first-order chi connectivity index (χ1) is 12.5. The number of hydrazone groups is 1. The van der Waals surface area contributed by atoms with Gasteiger partial charge in [-0.25, -0.2) is 0 Å². The van der Waals surface area contributed by atoms with Crippen LogP contribution in [0.4, 0.5) is 11.4 Å². The van der Waals surface area contributed by atoms with E-state index in [9.17, 15) is 14.9 Å². The quantitative estimate of drug-likeness (QED) is 0.280. The maximum absolute atomic E-state index is 12.1. The maximum atomic E-state index is 12.1. The lowest BCUT2D eigenvalue weighted by Gasteiger charge is -2.10. The fourth-order valence-electron chi connectivity index (χ4n) is 1.98. The van der Waals surface area contributed by atoms with Gasteiger partial charge in [-0.3, -0.25) is 20.3 Å². The van der Waals surface area contributed by atoms with Crippen LogP contribution in [-0.2, 0) is 9.53 Å². The van der Waals surface area contributed by atoms with Crippen molar-refractivity contribution in [3.05, 3.63) is 70.3 Å². The smallest absolute Gasteiger partial charge is 0.330 e. The molecule has 1 atom stereocenters. The molecule has 0 spiro atoms. The number of hydrogen-bond donors (Lipinski definition) is 1. The average Bonchev–Trinajstić information content (AvgIpc) is 2.67. The van der Waals surface area contributed by atoms with E-state index < -0.39 is 16.8 Å². The molecule has 2 aromatic carbocycles. The molecule has 0 heterocycles. The number of anilines is 1. The van der Waals surface area contributed by atoms with E-state index in [1.54, 1.807) is 37.3 Å². The lowest BCUT2D eigenvalue weighted by atomic mass is 10.1. The van der Waals surface area contributed by atoms with Crippen LogP contribution in [0.1, 0.15) is 18.9 Å². The van der Waals surface area contributed by atoms with Gasteiger partial charge in [-0.2, -0.15) is 5.26 Å². The van der Waals surface area contributed by atoms with Crippen LogP contribution in [-0.4, -0.2) is 16.8 Å². The highest BCUT2D eigenvalue weighted by Gasteiger charge is 2.20. The summed E-state index contributed by atoms with van der Waals surface area (Å²) in [5.41, 5.74) is 3.67. The minimum absolute atomic E-state index is 0.00246. The molecule has 2 aromatic rings. The standard InChI is InChI=1S/C18H16N4O4/c1-2-13(12-19)18(23)26-17(14-6-4-3-5-7-14)21-20-15-8-10-16(11-9-15)22(24)25/h3-11,13,20H,2H2,1H3. The van der Waals surface area contributed by atoms with E-state index in [0.29, 0.717) is 17.7 Å². The van der Waals surface area contributed by atoms with Crippen LogP contribution in [0.15, 0.2) is 59.7 Å². The van der Waals surface area contributed by atoms with Gasteiger partial charge in [0, 0.05) is 17.7 Å². The van der Waals surface area contributed by atoms with Crippen molar-refractivity contribution < 1.29 is 14.5 Å². The second kappa shape index (κ2) is 8.94. The monoisotopic (exact) mass is 352 g/mol. The predicted molar refractivity (Wildman–Crippen MR) is 95.2 cm³/mol. The van der Waals surface area contributed by atoms with Gasteiger partial charge in [-0.1, -0.05) is 25.1 Å². The van der Waals surface area contributed by atoms with Gasteiger partial charge in [0.1, 0.15) is 5.92 Å². The number of nitrogens with one attached hydrogen (secondary N) is 1. The molecular weight excluding hydrogens is 336 g/mol. The molecule has 8 heteroatoms. The number of nitro benzene ring substituents is 1. The summed E-state index contributed by atoms with van der Waals surface area (Å²) < 4.78 is 5.28. The highest BCUT2D eigenvalue weighted by molar-refractivity contribution is 6.01. The molecule has 2 rings (SSSR count). The van der Waals surface area contributed by atoms with Crippen molar-refractivity contribution >= 4 is 23.2 Å². The summed E-state index contributed by atoms with van der Waals surface area (Å²) in [6, 6.07) is 16.2. The van der Waals surface area contributed by atoms with Gasteiger partial charge in [0.2, 0.25) is 5.90 Å². The van der Waals surface area contributed by atoms with Gasteiger partial charge in [-0.05, 0) is 30.7 Å². The Morgan fingerprint density at radius 2 is 1.92 bits per heavy atom. The van der Waals surface area contributed by atoms with Gasteiger partial charge in [0.15, 0.2) is 0 Å². The van der Waals surface area contributed by atoms with Crippen molar-refractivity contribution in [1.29, 1.82) is 5.26 Å². The lowest BCUT2D eigenvalue weighted by Crippen LogP contribution is -2.21. The Labute approximate surface area is 149 Å². The first kappa shape index (κ1) is 18.6. The number of nitro groups is 1. The predicted octanol–water partition coefficient (Wildman–Crippen LogP) is 3.46. The molecule has 0 aliphatic carbocycles. The Kier molecular flexibility index (Phi) is 6.40. The number of rotatable bonds is 6. The molecule has 0 aromatic heterocycles. The molecule has 0 radical (unpaired) electrons. The minimum Gasteiger partial charge on any atom is -0.404 e. The molecule has 0 aliphatic rings. The Hall–Kier alpha value is -3.73. The van der Waals surface area contributed by atoms with E-state index in [-0.39, 0.29) is 11.6 Å². The van der Waals surface area contributed by atoms with Gasteiger partial charge in [0.05, 0.1) is 16.7 Å². The zero-order valence-corrected chi connectivity index (χ0v) is 14.0. The summed E-state index contributed by atoms with van der Waals surface area (Å²) in [5, 5.41) is 23.8. The molecule has 0 amide bonds. The zero-order chi connectivity index (χ0) is 18.9. The molecule has 26 heavy (non-hydrogen) atoms. The van der Waals surface area contributed by atoms with E-state index in [0.717, 1.165) is 0 Å². The van der Waals surface area contributed by atoms with Crippen LogP contribution in [0.5, 0.6) is 0 Å². The normalized spacial score (nSPS) is 11.9. The SMILES string of the molecule is CCC(C#N)C(=O)OC(=NNc1ccc([N+](=O)[O-])cc1)c1ccccc1.